The van der Waals surface area contributed by atoms with E-state index in [0.29, 0.717) is 6.42 Å². The van der Waals surface area contributed by atoms with Crippen LogP contribution in [0.5, 0.6) is 5.75 Å². The molecule has 3 atom stereocenters. The van der Waals surface area contributed by atoms with Gasteiger partial charge in [-0.2, -0.15) is 0 Å². The van der Waals surface area contributed by atoms with Crippen molar-refractivity contribution in [2.45, 2.75) is 57.1 Å². The third-order valence-electron chi connectivity index (χ3n) is 5.41. The molecule has 0 spiro atoms. The number of amides is 1. The maximum Gasteiger partial charge on any atom is 0.227 e. The van der Waals surface area contributed by atoms with Crippen molar-refractivity contribution in [3.63, 3.8) is 0 Å². The Morgan fingerprint density at radius 2 is 1.91 bits per heavy atom. The summed E-state index contributed by atoms with van der Waals surface area (Å²) in [6.45, 7) is 0.836. The molecule has 1 heterocycles. The highest BCUT2D eigenvalue weighted by atomic mass is 16.5. The van der Waals surface area contributed by atoms with E-state index in [1.807, 2.05) is 29.2 Å². The molecule has 1 saturated heterocycles. The van der Waals surface area contributed by atoms with Crippen LogP contribution in [-0.4, -0.2) is 41.7 Å². The molecule has 1 N–H and O–H groups in total. The molecule has 4 heteroatoms. The van der Waals surface area contributed by atoms with Crippen molar-refractivity contribution < 1.29 is 14.6 Å². The molecular formula is C19H27NO3. The van der Waals surface area contributed by atoms with E-state index < -0.39 is 0 Å². The van der Waals surface area contributed by atoms with Crippen LogP contribution in [0.4, 0.5) is 0 Å². The molecule has 1 aromatic rings. The van der Waals surface area contributed by atoms with Crippen LogP contribution in [0.2, 0.25) is 0 Å². The predicted molar refractivity (Wildman–Crippen MR) is 89.4 cm³/mol. The first-order valence-corrected chi connectivity index (χ1v) is 8.79. The van der Waals surface area contributed by atoms with Gasteiger partial charge in [0.25, 0.3) is 0 Å². The SMILES string of the molecule is COc1ccc(CC(=O)N2CCC[C@@H]2[C@@H]2CCCC[C@H]2O)cc1. The number of nitrogens with zero attached hydrogens (tertiary/aromatic N) is 1. The van der Waals surface area contributed by atoms with Crippen LogP contribution in [0.3, 0.4) is 0 Å². The Labute approximate surface area is 138 Å². The second-order valence-electron chi connectivity index (χ2n) is 6.84. The first-order chi connectivity index (χ1) is 11.2. The van der Waals surface area contributed by atoms with E-state index in [1.165, 1.54) is 6.42 Å². The van der Waals surface area contributed by atoms with Crippen LogP contribution >= 0.6 is 0 Å². The average molecular weight is 317 g/mol. The van der Waals surface area contributed by atoms with Gasteiger partial charge in [0.05, 0.1) is 19.6 Å². The third-order valence-corrected chi connectivity index (χ3v) is 5.41. The van der Waals surface area contributed by atoms with Crippen molar-refractivity contribution in [2.75, 3.05) is 13.7 Å². The van der Waals surface area contributed by atoms with Crippen LogP contribution in [0.25, 0.3) is 0 Å². The first-order valence-electron chi connectivity index (χ1n) is 8.79. The van der Waals surface area contributed by atoms with Crippen molar-refractivity contribution in [3.05, 3.63) is 29.8 Å². The summed E-state index contributed by atoms with van der Waals surface area (Å²) in [5.41, 5.74) is 1.02. The Bertz CT molecular complexity index is 528. The van der Waals surface area contributed by atoms with Gasteiger partial charge in [-0.25, -0.2) is 0 Å². The Balaban J connectivity index is 1.65. The normalized spacial score (nSPS) is 27.9. The van der Waals surface area contributed by atoms with Crippen LogP contribution in [0.15, 0.2) is 24.3 Å². The number of carbonyl (C=O) groups is 1. The van der Waals surface area contributed by atoms with Crippen LogP contribution in [-0.2, 0) is 11.2 Å². The zero-order valence-electron chi connectivity index (χ0n) is 13.9. The smallest absolute Gasteiger partial charge is 0.227 e. The summed E-state index contributed by atoms with van der Waals surface area (Å²) in [7, 11) is 1.64. The van der Waals surface area contributed by atoms with E-state index in [0.717, 1.165) is 50.0 Å². The predicted octanol–water partition coefficient (Wildman–Crippen LogP) is 2.78. The highest BCUT2D eigenvalue weighted by Crippen LogP contribution is 2.35. The Kier molecular flexibility index (Phi) is 5.21. The number of hydrogen-bond acceptors (Lipinski definition) is 3. The van der Waals surface area contributed by atoms with Gasteiger partial charge in [0.15, 0.2) is 0 Å². The number of methoxy groups -OCH3 is 1. The van der Waals surface area contributed by atoms with E-state index >= 15 is 0 Å². The van der Waals surface area contributed by atoms with E-state index in [2.05, 4.69) is 0 Å². The zero-order chi connectivity index (χ0) is 16.2. The minimum atomic E-state index is -0.233. The summed E-state index contributed by atoms with van der Waals surface area (Å²) in [4.78, 5) is 14.8. The molecule has 126 valence electrons. The van der Waals surface area contributed by atoms with Gasteiger partial charge in [0.2, 0.25) is 5.91 Å². The van der Waals surface area contributed by atoms with Crippen molar-refractivity contribution in [2.24, 2.45) is 5.92 Å². The van der Waals surface area contributed by atoms with E-state index in [-0.39, 0.29) is 24.0 Å². The zero-order valence-corrected chi connectivity index (χ0v) is 13.9. The van der Waals surface area contributed by atoms with Gasteiger partial charge in [-0.05, 0) is 43.4 Å². The fourth-order valence-corrected chi connectivity index (χ4v) is 4.16. The largest absolute Gasteiger partial charge is 0.497 e. The average Bonchev–Trinajstić information content (AvgIpc) is 3.05. The molecular weight excluding hydrogens is 290 g/mol. The summed E-state index contributed by atoms with van der Waals surface area (Å²) >= 11 is 0. The maximum atomic E-state index is 12.7. The molecule has 0 unspecified atom stereocenters. The van der Waals surface area contributed by atoms with Gasteiger partial charge < -0.3 is 14.7 Å². The summed E-state index contributed by atoms with van der Waals surface area (Å²) in [5, 5.41) is 10.3. The number of rotatable bonds is 4. The van der Waals surface area contributed by atoms with E-state index in [4.69, 9.17) is 4.74 Å². The molecule has 0 bridgehead atoms. The third kappa shape index (κ3) is 3.69. The summed E-state index contributed by atoms with van der Waals surface area (Å²) in [5.74, 6) is 1.27. The van der Waals surface area contributed by atoms with Crippen molar-refractivity contribution in [3.8, 4) is 5.75 Å². The lowest BCUT2D eigenvalue weighted by Gasteiger charge is -2.37. The molecule has 23 heavy (non-hydrogen) atoms. The molecule has 2 fully saturated rings. The van der Waals surface area contributed by atoms with Gasteiger partial charge in [-0.1, -0.05) is 25.0 Å². The number of carbonyl (C=O) groups excluding carboxylic acids is 1. The van der Waals surface area contributed by atoms with Crippen LogP contribution < -0.4 is 4.74 Å². The molecule has 1 aliphatic carbocycles. The summed E-state index contributed by atoms with van der Waals surface area (Å²) in [6, 6.07) is 7.94. The number of benzene rings is 1. The van der Waals surface area contributed by atoms with Crippen molar-refractivity contribution >= 4 is 5.91 Å². The molecule has 0 aromatic heterocycles. The number of ether oxygens (including phenoxy) is 1. The van der Waals surface area contributed by atoms with E-state index in [9.17, 15) is 9.90 Å². The minimum absolute atomic E-state index is 0.190. The van der Waals surface area contributed by atoms with Gasteiger partial charge in [0, 0.05) is 18.5 Å². The fraction of sp³-hybridized carbons (Fsp3) is 0.632. The Hall–Kier alpha value is -1.55. The lowest BCUT2D eigenvalue weighted by Crippen LogP contribution is -2.45. The van der Waals surface area contributed by atoms with Crippen molar-refractivity contribution in [1.29, 1.82) is 0 Å². The summed E-state index contributed by atoms with van der Waals surface area (Å²) in [6.07, 6.45) is 6.54. The van der Waals surface area contributed by atoms with Crippen LogP contribution in [0.1, 0.15) is 44.1 Å². The highest BCUT2D eigenvalue weighted by Gasteiger charge is 2.38. The number of hydrogen-bond donors (Lipinski definition) is 1. The van der Waals surface area contributed by atoms with Gasteiger partial charge in [0.1, 0.15) is 5.75 Å². The molecule has 1 amide bonds. The Morgan fingerprint density at radius 1 is 1.17 bits per heavy atom. The van der Waals surface area contributed by atoms with Crippen molar-refractivity contribution in [1.82, 2.24) is 4.90 Å². The number of likely N-dealkylation sites (tertiary alicyclic amines) is 1. The highest BCUT2D eigenvalue weighted by molar-refractivity contribution is 5.79. The van der Waals surface area contributed by atoms with Crippen LogP contribution in [0, 0.1) is 5.92 Å². The first kappa shape index (κ1) is 16.3. The molecule has 4 nitrogen and oxygen atoms in total. The standard InChI is InChI=1S/C19H27NO3/c1-23-15-10-8-14(9-11-15)13-19(22)20-12-4-6-17(20)16-5-2-3-7-18(16)21/h8-11,16-18,21H,2-7,12-13H2,1H3/t16-,17+,18+/m0/s1. The maximum absolute atomic E-state index is 12.7. The molecule has 2 aliphatic rings. The second kappa shape index (κ2) is 7.35. The molecule has 1 aromatic carbocycles. The molecule has 1 aliphatic heterocycles. The number of aliphatic hydroxyl groups excluding tert-OH is 1. The lowest BCUT2D eigenvalue weighted by atomic mass is 9.80. The monoisotopic (exact) mass is 317 g/mol. The quantitative estimate of drug-likeness (QED) is 0.929. The van der Waals surface area contributed by atoms with Gasteiger partial charge >= 0.3 is 0 Å². The molecule has 0 radical (unpaired) electrons. The summed E-state index contributed by atoms with van der Waals surface area (Å²) < 4.78 is 5.16. The van der Waals surface area contributed by atoms with Gasteiger partial charge in [-0.3, -0.25) is 4.79 Å². The lowest BCUT2D eigenvalue weighted by molar-refractivity contribution is -0.133. The minimum Gasteiger partial charge on any atom is -0.497 e. The van der Waals surface area contributed by atoms with Gasteiger partial charge in [-0.15, -0.1) is 0 Å². The molecule has 3 rings (SSSR count). The second-order valence-corrected chi connectivity index (χ2v) is 6.84. The molecule has 1 saturated carbocycles. The number of aliphatic hydroxyl groups is 1. The Morgan fingerprint density at radius 3 is 2.61 bits per heavy atom. The fourth-order valence-electron chi connectivity index (χ4n) is 4.16. The topological polar surface area (TPSA) is 49.8 Å². The van der Waals surface area contributed by atoms with E-state index in [1.54, 1.807) is 7.11 Å².